The van der Waals surface area contributed by atoms with Crippen molar-refractivity contribution >= 4 is 23.2 Å². The molecule has 1 aromatic carbocycles. The van der Waals surface area contributed by atoms with Crippen LogP contribution in [-0.2, 0) is 0 Å². The zero-order chi connectivity index (χ0) is 12.6. The van der Waals surface area contributed by atoms with Gasteiger partial charge in [0.05, 0.1) is 10.7 Å². The molecule has 0 aliphatic carbocycles. The van der Waals surface area contributed by atoms with Crippen LogP contribution in [0.2, 0.25) is 5.02 Å². The summed E-state index contributed by atoms with van der Waals surface area (Å²) < 4.78 is 0. The summed E-state index contributed by atoms with van der Waals surface area (Å²) in [6.07, 6.45) is 1.04. The number of nitrogens with zero attached hydrogens (tertiary/aromatic N) is 1. The lowest BCUT2D eigenvalue weighted by atomic mass is 9.93. The van der Waals surface area contributed by atoms with Crippen LogP contribution in [0.4, 0.5) is 5.69 Å². The maximum Gasteiger partial charge on any atom is 0.253 e. The molecule has 1 aromatic rings. The molecule has 4 heteroatoms. The fourth-order valence-corrected chi connectivity index (χ4v) is 2.26. The number of carbonyl (C=O) groups excluding carboxylic acids is 1. The van der Waals surface area contributed by atoms with Crippen molar-refractivity contribution in [3.8, 4) is 0 Å². The highest BCUT2D eigenvalue weighted by molar-refractivity contribution is 6.33. The van der Waals surface area contributed by atoms with Gasteiger partial charge in [-0.25, -0.2) is 0 Å². The van der Waals surface area contributed by atoms with E-state index in [1.807, 2.05) is 4.90 Å². The highest BCUT2D eigenvalue weighted by atomic mass is 35.5. The van der Waals surface area contributed by atoms with Gasteiger partial charge in [-0.05, 0) is 30.0 Å². The van der Waals surface area contributed by atoms with Gasteiger partial charge < -0.3 is 10.6 Å². The molecule has 92 valence electrons. The maximum absolute atomic E-state index is 12.2. The summed E-state index contributed by atoms with van der Waals surface area (Å²) in [4.78, 5) is 14.1. The Hall–Kier alpha value is -1.22. The standard InChI is InChI=1S/C13H17ClN2O/c1-13(2)5-6-16(8-13)12(17)9-3-4-10(14)11(15)7-9/h3-4,7H,5-6,8,15H2,1-2H3. The number of anilines is 1. The highest BCUT2D eigenvalue weighted by Gasteiger charge is 2.32. The van der Waals surface area contributed by atoms with Gasteiger partial charge >= 0.3 is 0 Å². The second-order valence-electron chi connectivity index (χ2n) is 5.38. The Balaban J connectivity index is 2.18. The summed E-state index contributed by atoms with van der Waals surface area (Å²) in [5.41, 5.74) is 6.99. The smallest absolute Gasteiger partial charge is 0.253 e. The molecule has 0 spiro atoms. The number of nitrogen functional groups attached to an aromatic ring is 1. The molecule has 0 bridgehead atoms. The Bertz CT molecular complexity index is 457. The molecule has 2 rings (SSSR count). The average molecular weight is 253 g/mol. The van der Waals surface area contributed by atoms with Crippen LogP contribution in [0.15, 0.2) is 18.2 Å². The van der Waals surface area contributed by atoms with E-state index in [2.05, 4.69) is 13.8 Å². The molecule has 0 atom stereocenters. The summed E-state index contributed by atoms with van der Waals surface area (Å²) in [5.74, 6) is 0.0407. The highest BCUT2D eigenvalue weighted by Crippen LogP contribution is 2.30. The number of nitrogens with two attached hydrogens (primary N) is 1. The molecule has 1 heterocycles. The van der Waals surface area contributed by atoms with Crippen LogP contribution in [-0.4, -0.2) is 23.9 Å². The number of halogens is 1. The fourth-order valence-electron chi connectivity index (χ4n) is 2.15. The molecule has 0 saturated carbocycles. The summed E-state index contributed by atoms with van der Waals surface area (Å²) in [6, 6.07) is 5.05. The van der Waals surface area contributed by atoms with Crippen molar-refractivity contribution in [1.29, 1.82) is 0 Å². The topological polar surface area (TPSA) is 46.3 Å². The first-order chi connectivity index (χ1) is 7.89. The zero-order valence-electron chi connectivity index (χ0n) is 10.2. The van der Waals surface area contributed by atoms with Crippen molar-refractivity contribution in [2.24, 2.45) is 5.41 Å². The van der Waals surface area contributed by atoms with Crippen molar-refractivity contribution in [3.63, 3.8) is 0 Å². The van der Waals surface area contributed by atoms with E-state index in [0.29, 0.717) is 16.3 Å². The molecule has 1 amide bonds. The maximum atomic E-state index is 12.2. The van der Waals surface area contributed by atoms with Gasteiger partial charge in [-0.3, -0.25) is 4.79 Å². The van der Waals surface area contributed by atoms with Crippen molar-refractivity contribution in [2.75, 3.05) is 18.8 Å². The van der Waals surface area contributed by atoms with E-state index in [4.69, 9.17) is 17.3 Å². The molecule has 17 heavy (non-hydrogen) atoms. The lowest BCUT2D eigenvalue weighted by molar-refractivity contribution is 0.0778. The van der Waals surface area contributed by atoms with Gasteiger partial charge in [-0.15, -0.1) is 0 Å². The second-order valence-corrected chi connectivity index (χ2v) is 5.78. The van der Waals surface area contributed by atoms with E-state index in [-0.39, 0.29) is 11.3 Å². The Morgan fingerprint density at radius 3 is 2.71 bits per heavy atom. The van der Waals surface area contributed by atoms with E-state index < -0.39 is 0 Å². The minimum Gasteiger partial charge on any atom is -0.398 e. The molecule has 0 radical (unpaired) electrons. The Kier molecular flexibility index (Phi) is 3.04. The van der Waals surface area contributed by atoms with Crippen LogP contribution in [0.25, 0.3) is 0 Å². The molecular weight excluding hydrogens is 236 g/mol. The predicted octanol–water partition coefficient (Wildman–Crippen LogP) is 2.79. The van der Waals surface area contributed by atoms with Crippen molar-refractivity contribution < 1.29 is 4.79 Å². The van der Waals surface area contributed by atoms with E-state index in [9.17, 15) is 4.79 Å². The van der Waals surface area contributed by atoms with Crippen molar-refractivity contribution in [2.45, 2.75) is 20.3 Å². The molecule has 1 aliphatic heterocycles. The third-order valence-corrected chi connectivity index (χ3v) is 3.55. The minimum absolute atomic E-state index is 0.0407. The first-order valence-electron chi connectivity index (χ1n) is 5.73. The molecule has 0 unspecified atom stereocenters. The van der Waals surface area contributed by atoms with Gasteiger partial charge in [-0.1, -0.05) is 25.4 Å². The molecule has 2 N–H and O–H groups in total. The van der Waals surface area contributed by atoms with Crippen molar-refractivity contribution in [1.82, 2.24) is 4.90 Å². The normalized spacial score (nSPS) is 18.4. The lowest BCUT2D eigenvalue weighted by Gasteiger charge is -2.20. The second kappa shape index (κ2) is 4.22. The monoisotopic (exact) mass is 252 g/mol. The first-order valence-corrected chi connectivity index (χ1v) is 6.11. The van der Waals surface area contributed by atoms with E-state index in [1.54, 1.807) is 18.2 Å². The number of rotatable bonds is 1. The van der Waals surface area contributed by atoms with Gasteiger partial charge in [0, 0.05) is 18.7 Å². The third kappa shape index (κ3) is 2.55. The predicted molar refractivity (Wildman–Crippen MR) is 70.2 cm³/mol. The summed E-state index contributed by atoms with van der Waals surface area (Å²) in [7, 11) is 0. The summed E-state index contributed by atoms with van der Waals surface area (Å²) in [5, 5.41) is 0.489. The van der Waals surface area contributed by atoms with Gasteiger partial charge in [0.25, 0.3) is 5.91 Å². The number of carbonyl (C=O) groups is 1. The van der Waals surface area contributed by atoms with Crippen LogP contribution in [0.1, 0.15) is 30.6 Å². The molecule has 1 saturated heterocycles. The van der Waals surface area contributed by atoms with Crippen LogP contribution in [0.5, 0.6) is 0 Å². The number of benzene rings is 1. The van der Waals surface area contributed by atoms with E-state index in [0.717, 1.165) is 19.5 Å². The Morgan fingerprint density at radius 2 is 2.18 bits per heavy atom. The largest absolute Gasteiger partial charge is 0.398 e. The van der Waals surface area contributed by atoms with Crippen LogP contribution in [0, 0.1) is 5.41 Å². The number of hydrogen-bond acceptors (Lipinski definition) is 2. The third-order valence-electron chi connectivity index (χ3n) is 3.21. The van der Waals surface area contributed by atoms with Crippen LogP contribution < -0.4 is 5.73 Å². The van der Waals surface area contributed by atoms with Crippen molar-refractivity contribution in [3.05, 3.63) is 28.8 Å². The van der Waals surface area contributed by atoms with E-state index >= 15 is 0 Å². The quantitative estimate of drug-likeness (QED) is 0.782. The lowest BCUT2D eigenvalue weighted by Crippen LogP contribution is -2.30. The van der Waals surface area contributed by atoms with Crippen LogP contribution in [0.3, 0.4) is 0 Å². The SMILES string of the molecule is CC1(C)CCN(C(=O)c2ccc(Cl)c(N)c2)C1. The van der Waals surface area contributed by atoms with Gasteiger partial charge in [0.2, 0.25) is 0 Å². The summed E-state index contributed by atoms with van der Waals surface area (Å²) >= 11 is 5.84. The van der Waals surface area contributed by atoms with Gasteiger partial charge in [-0.2, -0.15) is 0 Å². The molecule has 1 aliphatic rings. The van der Waals surface area contributed by atoms with Crippen LogP contribution >= 0.6 is 11.6 Å². The molecule has 3 nitrogen and oxygen atoms in total. The number of amides is 1. The molecule has 1 fully saturated rings. The van der Waals surface area contributed by atoms with Gasteiger partial charge in [0.15, 0.2) is 0 Å². The average Bonchev–Trinajstić information content (AvgIpc) is 2.62. The molecule has 0 aromatic heterocycles. The van der Waals surface area contributed by atoms with Gasteiger partial charge in [0.1, 0.15) is 0 Å². The number of hydrogen-bond donors (Lipinski definition) is 1. The Labute approximate surface area is 107 Å². The first kappa shape index (κ1) is 12.2. The van der Waals surface area contributed by atoms with E-state index in [1.165, 1.54) is 0 Å². The molecular formula is C13H17ClN2O. The fraction of sp³-hybridized carbons (Fsp3) is 0.462. The Morgan fingerprint density at radius 1 is 1.47 bits per heavy atom. The zero-order valence-corrected chi connectivity index (χ0v) is 10.9. The summed E-state index contributed by atoms with van der Waals surface area (Å²) in [6.45, 7) is 5.97. The number of likely N-dealkylation sites (tertiary alicyclic amines) is 1. The minimum atomic E-state index is 0.0407.